The smallest absolute Gasteiger partial charge is 0.205 e. The molecule has 0 aromatic heterocycles. The molecule has 0 atom stereocenters. The number of benzene rings is 2. The van der Waals surface area contributed by atoms with Gasteiger partial charge < -0.3 is 10.0 Å². The van der Waals surface area contributed by atoms with Gasteiger partial charge in [0.1, 0.15) is 11.6 Å². The van der Waals surface area contributed by atoms with Crippen molar-refractivity contribution >= 4 is 51.8 Å². The van der Waals surface area contributed by atoms with Crippen molar-refractivity contribution in [3.05, 3.63) is 58.9 Å². The average Bonchev–Trinajstić information content (AvgIpc) is 2.74. The van der Waals surface area contributed by atoms with Crippen molar-refractivity contribution in [2.45, 2.75) is 19.4 Å². The molecule has 3 rings (SSSR count). The molecule has 1 saturated heterocycles. The van der Waals surface area contributed by atoms with Gasteiger partial charge in [-0.1, -0.05) is 17.7 Å². The third-order valence-corrected chi connectivity index (χ3v) is 4.83. The zero-order valence-electron chi connectivity index (χ0n) is 13.6. The number of nitrogens with one attached hydrogen (secondary N) is 1. The Labute approximate surface area is 156 Å². The third-order valence-electron chi connectivity index (χ3n) is 4.16. The van der Waals surface area contributed by atoms with Crippen molar-refractivity contribution in [2.24, 2.45) is 0 Å². The van der Waals surface area contributed by atoms with Gasteiger partial charge in [-0.2, -0.15) is 0 Å². The van der Waals surface area contributed by atoms with E-state index in [9.17, 15) is 5.11 Å². The number of phenols is 1. The number of nitrogens with zero attached hydrogens (tertiary/aromatic N) is 3. The van der Waals surface area contributed by atoms with Gasteiger partial charge in [-0.3, -0.25) is 10.3 Å². The van der Waals surface area contributed by atoms with E-state index >= 15 is 0 Å². The van der Waals surface area contributed by atoms with E-state index in [1.165, 1.54) is 0 Å². The van der Waals surface area contributed by atoms with Gasteiger partial charge in [0.2, 0.25) is 5.69 Å². The van der Waals surface area contributed by atoms with Crippen LogP contribution in [0.1, 0.15) is 13.8 Å². The number of thiocarbonyl (C=S) groups is 1. The number of amidine groups is 1. The van der Waals surface area contributed by atoms with E-state index in [1.54, 1.807) is 47.4 Å². The Morgan fingerprint density at radius 3 is 2.32 bits per heavy atom. The molecule has 0 aliphatic carbocycles. The van der Waals surface area contributed by atoms with Crippen LogP contribution in [0, 0.1) is 12.0 Å². The minimum atomic E-state index is -0.682. The Hall–Kier alpha value is -2.62. The molecule has 1 aliphatic heterocycles. The minimum Gasteiger partial charge on any atom is -0.508 e. The summed E-state index contributed by atoms with van der Waals surface area (Å²) in [5.74, 6) is 0.470. The highest BCUT2D eigenvalue weighted by molar-refractivity contribution is 7.81. The zero-order chi connectivity index (χ0) is 18.4. The standard InChI is InChI=1S/C18H15ClN4OS/c1-18(2)16(20)22(12-6-9-15(21-3)14(19)10-12)17(25)23(18)11-4-7-13(24)8-5-11/h4-10,20,24H,1-2H3. The van der Waals surface area contributed by atoms with Gasteiger partial charge >= 0.3 is 0 Å². The molecular weight excluding hydrogens is 356 g/mol. The fourth-order valence-corrected chi connectivity index (χ4v) is 3.56. The maximum Gasteiger partial charge on any atom is 0.205 e. The number of phenolic OH excluding ortho intramolecular Hbond substituents is 1. The first-order valence-corrected chi connectivity index (χ1v) is 8.25. The largest absolute Gasteiger partial charge is 0.508 e. The first-order valence-electron chi connectivity index (χ1n) is 7.46. The van der Waals surface area contributed by atoms with Crippen LogP contribution in [0.15, 0.2) is 42.5 Å². The molecule has 0 unspecified atom stereocenters. The van der Waals surface area contributed by atoms with E-state index in [0.717, 1.165) is 5.69 Å². The monoisotopic (exact) mass is 370 g/mol. The second-order valence-electron chi connectivity index (χ2n) is 6.12. The second kappa shape index (κ2) is 6.03. The third kappa shape index (κ3) is 2.72. The lowest BCUT2D eigenvalue weighted by molar-refractivity contribution is 0.475. The summed E-state index contributed by atoms with van der Waals surface area (Å²) < 4.78 is 0. The van der Waals surface area contributed by atoms with E-state index in [0.29, 0.717) is 27.3 Å². The summed E-state index contributed by atoms with van der Waals surface area (Å²) >= 11 is 11.8. The fourth-order valence-electron chi connectivity index (χ4n) is 2.81. The molecular formula is C18H15ClN4OS. The van der Waals surface area contributed by atoms with Gasteiger partial charge in [0.15, 0.2) is 5.11 Å². The zero-order valence-corrected chi connectivity index (χ0v) is 15.2. The second-order valence-corrected chi connectivity index (χ2v) is 6.90. The molecule has 1 fully saturated rings. The molecule has 2 aromatic carbocycles. The summed E-state index contributed by atoms with van der Waals surface area (Å²) in [5.41, 5.74) is 1.10. The fraction of sp³-hybridized carbons (Fsp3) is 0.167. The summed E-state index contributed by atoms with van der Waals surface area (Å²) in [6.07, 6.45) is 0. The van der Waals surface area contributed by atoms with Crippen molar-refractivity contribution in [1.82, 2.24) is 0 Å². The number of hydrogen-bond donors (Lipinski definition) is 2. The van der Waals surface area contributed by atoms with Crippen LogP contribution in [0.2, 0.25) is 5.02 Å². The molecule has 0 amide bonds. The van der Waals surface area contributed by atoms with Crippen LogP contribution in [0.25, 0.3) is 4.85 Å². The normalized spacial score (nSPS) is 16.2. The van der Waals surface area contributed by atoms with E-state index < -0.39 is 5.54 Å². The molecule has 1 aliphatic rings. The molecule has 2 N–H and O–H groups in total. The van der Waals surface area contributed by atoms with E-state index in [-0.39, 0.29) is 5.75 Å². The van der Waals surface area contributed by atoms with Gasteiger partial charge in [0.05, 0.1) is 12.1 Å². The first kappa shape index (κ1) is 17.2. The Balaban J connectivity index is 2.07. The minimum absolute atomic E-state index is 0.167. The highest BCUT2D eigenvalue weighted by Gasteiger charge is 2.47. The highest BCUT2D eigenvalue weighted by atomic mass is 35.5. The number of aromatic hydroxyl groups is 1. The molecule has 0 radical (unpaired) electrons. The number of hydrogen-bond acceptors (Lipinski definition) is 3. The maximum absolute atomic E-state index is 9.51. The number of rotatable bonds is 2. The predicted molar refractivity (Wildman–Crippen MR) is 105 cm³/mol. The van der Waals surface area contributed by atoms with E-state index in [2.05, 4.69) is 4.85 Å². The van der Waals surface area contributed by atoms with Crippen LogP contribution < -0.4 is 9.80 Å². The number of anilines is 2. The van der Waals surface area contributed by atoms with Gasteiger partial charge in [-0.05, 0) is 62.5 Å². The van der Waals surface area contributed by atoms with Crippen molar-refractivity contribution in [3.8, 4) is 5.75 Å². The summed E-state index contributed by atoms with van der Waals surface area (Å²) in [5, 5.41) is 18.9. The van der Waals surface area contributed by atoms with Gasteiger partial charge in [0, 0.05) is 16.4 Å². The van der Waals surface area contributed by atoms with E-state index in [1.807, 2.05) is 18.7 Å². The van der Waals surface area contributed by atoms with Crippen LogP contribution in [0.5, 0.6) is 5.75 Å². The van der Waals surface area contributed by atoms with Crippen LogP contribution in [-0.4, -0.2) is 21.6 Å². The van der Waals surface area contributed by atoms with Crippen molar-refractivity contribution in [2.75, 3.05) is 9.80 Å². The lowest BCUT2D eigenvalue weighted by Gasteiger charge is -2.30. The van der Waals surface area contributed by atoms with Crippen molar-refractivity contribution in [1.29, 1.82) is 5.41 Å². The molecule has 7 heteroatoms. The van der Waals surface area contributed by atoms with Crippen molar-refractivity contribution in [3.63, 3.8) is 0 Å². The number of halogens is 1. The lowest BCUT2D eigenvalue weighted by Crippen LogP contribution is -2.44. The molecule has 25 heavy (non-hydrogen) atoms. The molecule has 126 valence electrons. The molecule has 2 aromatic rings. The van der Waals surface area contributed by atoms with Gasteiger partial charge in [-0.15, -0.1) is 0 Å². The van der Waals surface area contributed by atoms with Crippen LogP contribution in [0.3, 0.4) is 0 Å². The first-order chi connectivity index (χ1) is 11.8. The Kier molecular flexibility index (Phi) is 4.15. The Morgan fingerprint density at radius 2 is 1.76 bits per heavy atom. The summed E-state index contributed by atoms with van der Waals surface area (Å²) in [6.45, 7) is 10.9. The topological polar surface area (TPSA) is 54.9 Å². The molecule has 0 saturated carbocycles. The molecule has 5 nitrogen and oxygen atoms in total. The van der Waals surface area contributed by atoms with Crippen LogP contribution in [-0.2, 0) is 0 Å². The summed E-state index contributed by atoms with van der Waals surface area (Å²) in [7, 11) is 0. The molecule has 1 heterocycles. The van der Waals surface area contributed by atoms with E-state index in [4.69, 9.17) is 35.8 Å². The van der Waals surface area contributed by atoms with Crippen LogP contribution in [0.4, 0.5) is 17.1 Å². The van der Waals surface area contributed by atoms with Crippen molar-refractivity contribution < 1.29 is 5.11 Å². The highest BCUT2D eigenvalue weighted by Crippen LogP contribution is 2.38. The summed E-state index contributed by atoms with van der Waals surface area (Å²) in [4.78, 5) is 6.86. The Morgan fingerprint density at radius 1 is 1.16 bits per heavy atom. The van der Waals surface area contributed by atoms with Gasteiger partial charge in [0.25, 0.3) is 0 Å². The van der Waals surface area contributed by atoms with Crippen LogP contribution >= 0.6 is 23.8 Å². The Bertz CT molecular complexity index is 918. The van der Waals surface area contributed by atoms with Gasteiger partial charge in [-0.25, -0.2) is 4.85 Å². The molecule has 0 bridgehead atoms. The predicted octanol–water partition coefficient (Wildman–Crippen LogP) is 4.96. The SMILES string of the molecule is [C-]#[N+]c1ccc(N2C(=N)C(C)(C)N(c3ccc(O)cc3)C2=S)cc1Cl. The quantitative estimate of drug-likeness (QED) is 0.579. The average molecular weight is 371 g/mol. The summed E-state index contributed by atoms with van der Waals surface area (Å²) in [6, 6.07) is 11.7. The maximum atomic E-state index is 9.51. The lowest BCUT2D eigenvalue weighted by atomic mass is 10.0. The molecule has 0 spiro atoms.